The molecule has 116 valence electrons. The summed E-state index contributed by atoms with van der Waals surface area (Å²) < 4.78 is 0. The second-order valence-electron chi connectivity index (χ2n) is 5.73. The Balaban J connectivity index is 2.43. The van der Waals surface area contributed by atoms with Crippen LogP contribution in [0.15, 0.2) is 24.3 Å². The molecule has 0 bridgehead atoms. The van der Waals surface area contributed by atoms with Crippen molar-refractivity contribution in [1.82, 2.24) is 10.2 Å². The highest BCUT2D eigenvalue weighted by Gasteiger charge is 2.06. The molecule has 0 unspecified atom stereocenters. The molecule has 0 saturated heterocycles. The monoisotopic (exact) mass is 291 g/mol. The summed E-state index contributed by atoms with van der Waals surface area (Å²) in [4.78, 5) is 24.8. The molecule has 1 rings (SSSR count). The van der Waals surface area contributed by atoms with Crippen molar-refractivity contribution in [2.45, 2.75) is 26.7 Å². The molecule has 21 heavy (non-hydrogen) atoms. The number of nitrogens with zero attached hydrogens (tertiary/aromatic N) is 1. The van der Waals surface area contributed by atoms with Crippen LogP contribution in [0.4, 0.5) is 10.5 Å². The first kappa shape index (κ1) is 17.0. The van der Waals surface area contributed by atoms with E-state index in [2.05, 4.69) is 24.5 Å². The fourth-order valence-corrected chi connectivity index (χ4v) is 1.69. The van der Waals surface area contributed by atoms with Crippen LogP contribution >= 0.6 is 0 Å². The quantitative estimate of drug-likeness (QED) is 0.846. The molecule has 2 N–H and O–H groups in total. The summed E-state index contributed by atoms with van der Waals surface area (Å²) in [6.45, 7) is 4.90. The van der Waals surface area contributed by atoms with E-state index in [4.69, 9.17) is 0 Å². The summed E-state index contributed by atoms with van der Waals surface area (Å²) in [6.07, 6.45) is 1.33. The standard InChI is InChI=1S/C16H25N3O2/c1-12(2)9-10-17-16(21)18-14-7-5-13(6-8-14)11-15(20)19(3)4/h5-8,12H,9-11H2,1-4H3,(H2,17,18,21). The molecule has 1 aromatic carbocycles. The molecule has 0 saturated carbocycles. The maximum atomic E-state index is 11.7. The summed E-state index contributed by atoms with van der Waals surface area (Å²) in [5, 5.41) is 5.59. The van der Waals surface area contributed by atoms with Crippen molar-refractivity contribution in [2.24, 2.45) is 5.92 Å². The van der Waals surface area contributed by atoms with Gasteiger partial charge in [-0.25, -0.2) is 4.79 Å². The molecule has 3 amide bonds. The average Bonchev–Trinajstić information content (AvgIpc) is 2.40. The van der Waals surface area contributed by atoms with Gasteiger partial charge in [-0.1, -0.05) is 26.0 Å². The van der Waals surface area contributed by atoms with E-state index >= 15 is 0 Å². The predicted octanol–water partition coefficient (Wildman–Crippen LogP) is 2.48. The highest BCUT2D eigenvalue weighted by Crippen LogP contribution is 2.10. The van der Waals surface area contributed by atoms with Gasteiger partial charge < -0.3 is 15.5 Å². The van der Waals surface area contributed by atoms with Gasteiger partial charge in [0.25, 0.3) is 0 Å². The number of amides is 3. The maximum absolute atomic E-state index is 11.7. The minimum absolute atomic E-state index is 0.0575. The lowest BCUT2D eigenvalue weighted by Gasteiger charge is -2.11. The number of benzene rings is 1. The van der Waals surface area contributed by atoms with Crippen LogP contribution in [0.25, 0.3) is 0 Å². The number of nitrogens with one attached hydrogen (secondary N) is 2. The van der Waals surface area contributed by atoms with Crippen LogP contribution in [-0.2, 0) is 11.2 Å². The van der Waals surface area contributed by atoms with Crippen LogP contribution in [0, 0.1) is 5.92 Å². The zero-order valence-corrected chi connectivity index (χ0v) is 13.3. The molecule has 0 aromatic heterocycles. The van der Waals surface area contributed by atoms with Gasteiger partial charge in [-0.05, 0) is 30.0 Å². The number of hydrogen-bond acceptors (Lipinski definition) is 2. The molecule has 5 heteroatoms. The van der Waals surface area contributed by atoms with Crippen LogP contribution in [0.3, 0.4) is 0 Å². The fraction of sp³-hybridized carbons (Fsp3) is 0.500. The van der Waals surface area contributed by atoms with Crippen LogP contribution in [0.2, 0.25) is 0 Å². The molecule has 0 aliphatic rings. The maximum Gasteiger partial charge on any atom is 0.319 e. The molecule has 0 aliphatic carbocycles. The smallest absolute Gasteiger partial charge is 0.319 e. The summed E-state index contributed by atoms with van der Waals surface area (Å²) >= 11 is 0. The van der Waals surface area contributed by atoms with Gasteiger partial charge >= 0.3 is 6.03 Å². The first-order valence-corrected chi connectivity index (χ1v) is 7.22. The number of carbonyl (C=O) groups excluding carboxylic acids is 2. The Morgan fingerprint density at radius 1 is 1.14 bits per heavy atom. The summed E-state index contributed by atoms with van der Waals surface area (Å²) in [6, 6.07) is 7.12. The SMILES string of the molecule is CC(C)CCNC(=O)Nc1ccc(CC(=O)N(C)C)cc1. The van der Waals surface area contributed by atoms with E-state index in [0.29, 0.717) is 18.9 Å². The molecule has 0 spiro atoms. The van der Waals surface area contributed by atoms with E-state index in [1.54, 1.807) is 31.1 Å². The molecule has 5 nitrogen and oxygen atoms in total. The van der Waals surface area contributed by atoms with Gasteiger partial charge in [-0.15, -0.1) is 0 Å². The van der Waals surface area contributed by atoms with Gasteiger partial charge in [0, 0.05) is 26.3 Å². The second-order valence-corrected chi connectivity index (χ2v) is 5.73. The highest BCUT2D eigenvalue weighted by molar-refractivity contribution is 5.89. The van der Waals surface area contributed by atoms with E-state index in [0.717, 1.165) is 17.7 Å². The van der Waals surface area contributed by atoms with Crippen molar-refractivity contribution in [3.05, 3.63) is 29.8 Å². The Kier molecular flexibility index (Phi) is 6.72. The predicted molar refractivity (Wildman–Crippen MR) is 85.3 cm³/mol. The topological polar surface area (TPSA) is 61.4 Å². The number of rotatable bonds is 6. The zero-order chi connectivity index (χ0) is 15.8. The molecule has 0 heterocycles. The second kappa shape index (κ2) is 8.29. The Hall–Kier alpha value is -2.04. The van der Waals surface area contributed by atoms with Gasteiger partial charge in [0.2, 0.25) is 5.91 Å². The Morgan fingerprint density at radius 2 is 1.76 bits per heavy atom. The minimum atomic E-state index is -0.201. The van der Waals surface area contributed by atoms with E-state index in [1.807, 2.05) is 12.1 Å². The van der Waals surface area contributed by atoms with Crippen molar-refractivity contribution < 1.29 is 9.59 Å². The van der Waals surface area contributed by atoms with Gasteiger partial charge in [-0.3, -0.25) is 4.79 Å². The van der Waals surface area contributed by atoms with E-state index in [9.17, 15) is 9.59 Å². The molecule has 0 atom stereocenters. The minimum Gasteiger partial charge on any atom is -0.349 e. The fourth-order valence-electron chi connectivity index (χ4n) is 1.69. The molecular formula is C16H25N3O2. The first-order valence-electron chi connectivity index (χ1n) is 7.22. The third-order valence-electron chi connectivity index (χ3n) is 3.07. The van der Waals surface area contributed by atoms with Crippen molar-refractivity contribution in [3.8, 4) is 0 Å². The number of hydrogen-bond donors (Lipinski definition) is 2. The van der Waals surface area contributed by atoms with Crippen LogP contribution in [0.1, 0.15) is 25.8 Å². The summed E-state index contributed by atoms with van der Waals surface area (Å²) in [7, 11) is 3.47. The van der Waals surface area contributed by atoms with E-state index in [1.165, 1.54) is 0 Å². The molecule has 0 radical (unpaired) electrons. The van der Waals surface area contributed by atoms with Crippen LogP contribution < -0.4 is 10.6 Å². The molecule has 1 aromatic rings. The Bertz CT molecular complexity index is 467. The largest absolute Gasteiger partial charge is 0.349 e. The van der Waals surface area contributed by atoms with Crippen LogP contribution in [-0.4, -0.2) is 37.5 Å². The number of likely N-dealkylation sites (N-methyl/N-ethyl adjacent to an activating group) is 1. The lowest BCUT2D eigenvalue weighted by atomic mass is 10.1. The third-order valence-corrected chi connectivity index (χ3v) is 3.07. The number of anilines is 1. The summed E-state index contributed by atoms with van der Waals surface area (Å²) in [5.74, 6) is 0.626. The van der Waals surface area contributed by atoms with E-state index < -0.39 is 0 Å². The number of urea groups is 1. The van der Waals surface area contributed by atoms with Gasteiger partial charge in [0.1, 0.15) is 0 Å². The first-order chi connectivity index (χ1) is 9.88. The average molecular weight is 291 g/mol. The normalized spacial score (nSPS) is 10.3. The van der Waals surface area contributed by atoms with Crippen molar-refractivity contribution in [1.29, 1.82) is 0 Å². The van der Waals surface area contributed by atoms with Crippen molar-refractivity contribution in [3.63, 3.8) is 0 Å². The Labute approximate surface area is 126 Å². The molecular weight excluding hydrogens is 266 g/mol. The van der Waals surface area contributed by atoms with Crippen LogP contribution in [0.5, 0.6) is 0 Å². The van der Waals surface area contributed by atoms with Crippen molar-refractivity contribution in [2.75, 3.05) is 26.0 Å². The van der Waals surface area contributed by atoms with Crippen molar-refractivity contribution >= 4 is 17.6 Å². The Morgan fingerprint density at radius 3 is 2.29 bits per heavy atom. The number of carbonyl (C=O) groups is 2. The third kappa shape index (κ3) is 6.79. The van der Waals surface area contributed by atoms with Gasteiger partial charge in [-0.2, -0.15) is 0 Å². The highest BCUT2D eigenvalue weighted by atomic mass is 16.2. The lowest BCUT2D eigenvalue weighted by molar-refractivity contribution is -0.127. The molecule has 0 fully saturated rings. The van der Waals surface area contributed by atoms with E-state index in [-0.39, 0.29) is 11.9 Å². The van der Waals surface area contributed by atoms with Gasteiger partial charge in [0.05, 0.1) is 6.42 Å². The van der Waals surface area contributed by atoms with Gasteiger partial charge in [0.15, 0.2) is 0 Å². The zero-order valence-electron chi connectivity index (χ0n) is 13.3. The summed E-state index contributed by atoms with van der Waals surface area (Å²) in [5.41, 5.74) is 1.65. The lowest BCUT2D eigenvalue weighted by Crippen LogP contribution is -2.30. The molecule has 0 aliphatic heterocycles.